The summed E-state index contributed by atoms with van der Waals surface area (Å²) >= 11 is 0. The van der Waals surface area contributed by atoms with E-state index in [4.69, 9.17) is 9.47 Å². The van der Waals surface area contributed by atoms with Crippen LogP contribution in [0.2, 0.25) is 0 Å². The third kappa shape index (κ3) is 6.45. The van der Waals surface area contributed by atoms with Crippen LogP contribution in [0.15, 0.2) is 24.3 Å². The third-order valence-corrected chi connectivity index (χ3v) is 6.74. The van der Waals surface area contributed by atoms with E-state index < -0.39 is 0 Å². The van der Waals surface area contributed by atoms with E-state index in [2.05, 4.69) is 5.32 Å². The minimum Gasteiger partial charge on any atom is -0.469 e. The van der Waals surface area contributed by atoms with Crippen molar-refractivity contribution in [3.05, 3.63) is 35.4 Å². The van der Waals surface area contributed by atoms with Gasteiger partial charge >= 0.3 is 12.1 Å². The Labute approximate surface area is 184 Å². The molecule has 0 atom stereocenters. The van der Waals surface area contributed by atoms with E-state index in [1.807, 2.05) is 24.3 Å². The molecule has 0 radical (unpaired) electrons. The summed E-state index contributed by atoms with van der Waals surface area (Å²) < 4.78 is 9.50. The normalized spacial score (nSPS) is 21.9. The number of nitrogens with zero attached hydrogens (tertiary/aromatic N) is 1. The first-order chi connectivity index (χ1) is 15.0. The predicted molar refractivity (Wildman–Crippen MR) is 117 cm³/mol. The van der Waals surface area contributed by atoms with E-state index in [1.54, 1.807) is 4.90 Å². The molecule has 0 unspecified atom stereocenters. The lowest BCUT2D eigenvalue weighted by molar-refractivity contribution is -0.141. The van der Waals surface area contributed by atoms with Crippen molar-refractivity contribution in [3.63, 3.8) is 0 Å². The Hall–Kier alpha value is -2.57. The smallest absolute Gasteiger partial charge is 0.409 e. The molecule has 31 heavy (non-hydrogen) atoms. The summed E-state index contributed by atoms with van der Waals surface area (Å²) in [7, 11) is 2.84. The van der Waals surface area contributed by atoms with E-state index in [1.165, 1.54) is 19.8 Å². The van der Waals surface area contributed by atoms with Crippen LogP contribution in [0.1, 0.15) is 73.2 Å². The van der Waals surface area contributed by atoms with Crippen LogP contribution in [0.5, 0.6) is 0 Å². The fraction of sp³-hybridized carbons (Fsp3) is 0.625. The van der Waals surface area contributed by atoms with Crippen LogP contribution < -0.4 is 5.32 Å². The van der Waals surface area contributed by atoms with Gasteiger partial charge in [0.05, 0.1) is 14.2 Å². The van der Waals surface area contributed by atoms with Crippen LogP contribution in [0.4, 0.5) is 4.79 Å². The highest BCUT2D eigenvalue weighted by Gasteiger charge is 2.25. The largest absolute Gasteiger partial charge is 0.469 e. The number of carbonyl (C=O) groups excluding carboxylic acids is 3. The molecule has 7 nitrogen and oxygen atoms in total. The molecule has 0 bridgehead atoms. The number of nitrogens with one attached hydrogen (secondary N) is 1. The molecule has 0 aromatic heterocycles. The zero-order chi connectivity index (χ0) is 22.2. The Balaban J connectivity index is 1.43. The summed E-state index contributed by atoms with van der Waals surface area (Å²) in [5.74, 6) is 0.772. The Bertz CT molecular complexity index is 748. The quantitative estimate of drug-likeness (QED) is 0.693. The van der Waals surface area contributed by atoms with E-state index in [0.29, 0.717) is 36.9 Å². The molecule has 1 aromatic carbocycles. The molecule has 1 N–H and O–H groups in total. The van der Waals surface area contributed by atoms with Gasteiger partial charge in [0.2, 0.25) is 0 Å². The number of carbonyl (C=O) groups is 3. The third-order valence-electron chi connectivity index (χ3n) is 6.74. The maximum absolute atomic E-state index is 12.7. The summed E-state index contributed by atoms with van der Waals surface area (Å²) in [6, 6.07) is 8.08. The Morgan fingerprint density at radius 2 is 1.58 bits per heavy atom. The zero-order valence-corrected chi connectivity index (χ0v) is 18.6. The van der Waals surface area contributed by atoms with Gasteiger partial charge < -0.3 is 19.7 Å². The molecule has 0 spiro atoms. The van der Waals surface area contributed by atoms with Crippen LogP contribution in [0.25, 0.3) is 0 Å². The average molecular weight is 431 g/mol. The molecule has 1 heterocycles. The highest BCUT2D eigenvalue weighted by molar-refractivity contribution is 5.94. The second kappa shape index (κ2) is 11.2. The molecule has 3 rings (SSSR count). The van der Waals surface area contributed by atoms with Gasteiger partial charge in [0.25, 0.3) is 5.91 Å². The lowest BCUT2D eigenvalue weighted by Gasteiger charge is -2.31. The van der Waals surface area contributed by atoms with Gasteiger partial charge in [0.15, 0.2) is 0 Å². The number of likely N-dealkylation sites (tertiary alicyclic amines) is 1. The molecule has 1 aliphatic carbocycles. The van der Waals surface area contributed by atoms with Gasteiger partial charge in [-0.05, 0) is 74.5 Å². The molecule has 2 amide bonds. The second-order valence-electron chi connectivity index (χ2n) is 8.66. The first-order valence-electron chi connectivity index (χ1n) is 11.3. The molecule has 1 aromatic rings. The van der Waals surface area contributed by atoms with Crippen molar-refractivity contribution in [2.75, 3.05) is 27.3 Å². The standard InChI is InChI=1S/C24H34N2O5/c1-30-22(27)12-5-17-3-10-21(11-4-17)25-23(28)20-8-6-18(7-9-20)19-13-15-26(16-14-19)24(29)31-2/h6-9,17,19,21H,3-5,10-16H2,1-2H3,(H,25,28). The molecule has 2 fully saturated rings. The van der Waals surface area contributed by atoms with Gasteiger partial charge in [-0.2, -0.15) is 0 Å². The number of amides is 2. The number of ether oxygens (including phenoxy) is 2. The highest BCUT2D eigenvalue weighted by Crippen LogP contribution is 2.30. The average Bonchev–Trinajstić information content (AvgIpc) is 2.83. The number of esters is 1. The van der Waals surface area contributed by atoms with E-state index >= 15 is 0 Å². The number of methoxy groups -OCH3 is 2. The topological polar surface area (TPSA) is 84.9 Å². The lowest BCUT2D eigenvalue weighted by atomic mass is 9.83. The van der Waals surface area contributed by atoms with Crippen molar-refractivity contribution >= 4 is 18.0 Å². The van der Waals surface area contributed by atoms with Crippen molar-refractivity contribution in [3.8, 4) is 0 Å². The first kappa shape index (κ1) is 23.1. The van der Waals surface area contributed by atoms with Crippen molar-refractivity contribution in [2.24, 2.45) is 5.92 Å². The fourth-order valence-electron chi connectivity index (χ4n) is 4.72. The molecule has 1 saturated carbocycles. The Kier molecular flexibility index (Phi) is 8.32. The minimum absolute atomic E-state index is 0.0231. The number of benzene rings is 1. The first-order valence-corrected chi connectivity index (χ1v) is 11.3. The van der Waals surface area contributed by atoms with Crippen molar-refractivity contribution < 1.29 is 23.9 Å². The van der Waals surface area contributed by atoms with Crippen LogP contribution in [0, 0.1) is 5.92 Å². The molecular weight excluding hydrogens is 396 g/mol. The number of piperidine rings is 1. The molecule has 7 heteroatoms. The van der Waals surface area contributed by atoms with Gasteiger partial charge in [0, 0.05) is 31.1 Å². The Morgan fingerprint density at radius 3 is 2.16 bits per heavy atom. The van der Waals surface area contributed by atoms with Crippen molar-refractivity contribution in [1.82, 2.24) is 10.2 Å². The molecule has 2 aliphatic rings. The molecular formula is C24H34N2O5. The van der Waals surface area contributed by atoms with Gasteiger partial charge in [-0.15, -0.1) is 0 Å². The van der Waals surface area contributed by atoms with Crippen LogP contribution in [-0.2, 0) is 14.3 Å². The summed E-state index contributed by atoms with van der Waals surface area (Å²) in [5, 5.41) is 3.17. The lowest BCUT2D eigenvalue weighted by Crippen LogP contribution is -2.38. The molecule has 1 saturated heterocycles. The summed E-state index contributed by atoms with van der Waals surface area (Å²) in [6.07, 6.45) is 6.86. The molecule has 170 valence electrons. The van der Waals surface area contributed by atoms with Gasteiger partial charge in [-0.3, -0.25) is 9.59 Å². The number of hydrogen-bond donors (Lipinski definition) is 1. The number of hydrogen-bond acceptors (Lipinski definition) is 5. The van der Waals surface area contributed by atoms with Gasteiger partial charge in [0.1, 0.15) is 0 Å². The monoisotopic (exact) mass is 430 g/mol. The number of rotatable bonds is 6. The predicted octanol–water partition coefficient (Wildman–Crippen LogP) is 3.87. The zero-order valence-electron chi connectivity index (χ0n) is 18.6. The minimum atomic E-state index is -0.261. The Morgan fingerprint density at radius 1 is 0.935 bits per heavy atom. The van der Waals surface area contributed by atoms with E-state index in [0.717, 1.165) is 44.9 Å². The van der Waals surface area contributed by atoms with Crippen LogP contribution >= 0.6 is 0 Å². The maximum atomic E-state index is 12.7. The van der Waals surface area contributed by atoms with Gasteiger partial charge in [-0.25, -0.2) is 4.79 Å². The summed E-state index contributed by atoms with van der Waals surface area (Å²) in [4.78, 5) is 37.3. The van der Waals surface area contributed by atoms with Crippen molar-refractivity contribution in [1.29, 1.82) is 0 Å². The SMILES string of the molecule is COC(=O)CCC1CCC(NC(=O)c2ccc(C3CCN(C(=O)OC)CC3)cc2)CC1. The van der Waals surface area contributed by atoms with Gasteiger partial charge in [-0.1, -0.05) is 12.1 Å². The van der Waals surface area contributed by atoms with E-state index in [9.17, 15) is 14.4 Å². The highest BCUT2D eigenvalue weighted by atomic mass is 16.5. The summed E-state index contributed by atoms with van der Waals surface area (Å²) in [5.41, 5.74) is 1.90. The van der Waals surface area contributed by atoms with Crippen LogP contribution in [-0.4, -0.2) is 56.2 Å². The maximum Gasteiger partial charge on any atom is 0.409 e. The van der Waals surface area contributed by atoms with Crippen LogP contribution in [0.3, 0.4) is 0 Å². The molecule has 1 aliphatic heterocycles. The summed E-state index contributed by atoms with van der Waals surface area (Å²) in [6.45, 7) is 1.39. The van der Waals surface area contributed by atoms with E-state index in [-0.39, 0.29) is 24.0 Å². The van der Waals surface area contributed by atoms with Crippen molar-refractivity contribution in [2.45, 2.75) is 63.3 Å². The second-order valence-corrected chi connectivity index (χ2v) is 8.66. The fourth-order valence-corrected chi connectivity index (χ4v) is 4.72.